The molecule has 0 bridgehead atoms. The van der Waals surface area contributed by atoms with Gasteiger partial charge in [0.1, 0.15) is 0 Å². The van der Waals surface area contributed by atoms with Crippen LogP contribution in [0.3, 0.4) is 0 Å². The van der Waals surface area contributed by atoms with Crippen LogP contribution in [0.15, 0.2) is 97.3 Å². The van der Waals surface area contributed by atoms with E-state index in [4.69, 9.17) is 0 Å². The molecule has 1 aliphatic heterocycles. The van der Waals surface area contributed by atoms with E-state index < -0.39 is 0 Å². The van der Waals surface area contributed by atoms with Gasteiger partial charge in [-0.2, -0.15) is 0 Å². The average Bonchev–Trinajstić information content (AvgIpc) is 3.44. The zero-order chi connectivity index (χ0) is 23.7. The zero-order valence-electron chi connectivity index (χ0n) is 20.5. The first-order valence-corrected chi connectivity index (χ1v) is 11.7. The van der Waals surface area contributed by atoms with Gasteiger partial charge >= 0.3 is 0 Å². The maximum absolute atomic E-state index is 4.52. The summed E-state index contributed by atoms with van der Waals surface area (Å²) in [5.41, 5.74) is 9.87. The average molecular weight is 641 g/mol. The number of hydrogen-bond acceptors (Lipinski definition) is 2. The van der Waals surface area contributed by atoms with Crippen LogP contribution in [-0.4, -0.2) is 0 Å². The Morgan fingerprint density at radius 3 is 1.29 bits per heavy atom. The van der Waals surface area contributed by atoms with Gasteiger partial charge in [-0.25, -0.2) is 0 Å². The minimum absolute atomic E-state index is 0. The molecule has 3 nitrogen and oxygen atoms in total. The van der Waals surface area contributed by atoms with Gasteiger partial charge in [-0.1, -0.05) is 84.9 Å². The first-order chi connectivity index (χ1) is 16.5. The second-order valence-corrected chi connectivity index (χ2v) is 8.86. The van der Waals surface area contributed by atoms with Gasteiger partial charge in [-0.05, 0) is 73.1 Å². The molecule has 1 radical (unpaired) electrons. The molecule has 4 heteroatoms. The molecule has 0 saturated carbocycles. The number of aryl methyl sites for hydroxylation is 4. The summed E-state index contributed by atoms with van der Waals surface area (Å²) in [6, 6.07) is 29.3. The third-order valence-corrected chi connectivity index (χ3v) is 6.37. The molecule has 0 spiro atoms. The van der Waals surface area contributed by atoms with E-state index in [-0.39, 0.29) is 22.4 Å². The van der Waals surface area contributed by atoms with Crippen molar-refractivity contribution in [1.29, 1.82) is 0 Å². The predicted octanol–water partition coefficient (Wildman–Crippen LogP) is 7.79. The molecule has 35 heavy (non-hydrogen) atoms. The van der Waals surface area contributed by atoms with Crippen molar-refractivity contribution >= 4 is 33.2 Å². The maximum Gasteiger partial charge on any atom is 0.0184 e. The Hall–Kier alpha value is -3.24. The van der Waals surface area contributed by atoms with Crippen molar-refractivity contribution in [3.05, 3.63) is 126 Å². The first kappa shape index (κ1) is 24.9. The molecule has 181 valence electrons. The Bertz CT molecular complexity index is 1350. The largest absolute Gasteiger partial charge is 0.657 e. The minimum atomic E-state index is 0. The van der Waals surface area contributed by atoms with Crippen LogP contribution in [0.1, 0.15) is 22.3 Å². The van der Waals surface area contributed by atoms with Gasteiger partial charge in [-0.15, -0.1) is 17.7 Å². The second kappa shape index (κ2) is 10.6. The summed E-state index contributed by atoms with van der Waals surface area (Å²) in [7, 11) is 0. The Labute approximate surface area is 223 Å². The molecule has 5 aromatic rings. The molecule has 0 amide bonds. The number of fused-ring (bicyclic) bond motifs is 3. The fraction of sp³-hybridized carbons (Fsp3) is 0.129. The standard InChI is InChI=1S/C19H21N2.C12H8N.Au/c1-14-7-5-8-15(2)18(14)20-11-12-21(13-20)19-16(3)9-6-10-17(19)4;1-3-7-11-9(5-1)10-6-2-4-8-12(10)13-11;/h5-13H,1-4H3;1-8H;/q2*-1;. The molecule has 0 fully saturated rings. The van der Waals surface area contributed by atoms with E-state index in [1.54, 1.807) is 0 Å². The molecule has 0 aliphatic carbocycles. The SMILES string of the molecule is Cc1cccc(C)c1N1C=CN(c2c(C)cccc2C)[CH-]1.[Au].c1ccc2c(c1)[n-]c1ccccc12. The van der Waals surface area contributed by atoms with Crippen molar-refractivity contribution in [3.63, 3.8) is 0 Å². The molecule has 0 saturated heterocycles. The van der Waals surface area contributed by atoms with E-state index in [2.05, 4.69) is 134 Å². The van der Waals surface area contributed by atoms with Crippen molar-refractivity contribution < 1.29 is 22.4 Å². The van der Waals surface area contributed by atoms with Crippen molar-refractivity contribution in [2.75, 3.05) is 9.80 Å². The number of rotatable bonds is 2. The van der Waals surface area contributed by atoms with Gasteiger partial charge in [0.2, 0.25) is 0 Å². The first-order valence-electron chi connectivity index (χ1n) is 11.7. The van der Waals surface area contributed by atoms with Crippen molar-refractivity contribution in [2.45, 2.75) is 27.7 Å². The summed E-state index contributed by atoms with van der Waals surface area (Å²) in [4.78, 5) is 8.93. The topological polar surface area (TPSA) is 20.6 Å². The number of nitrogens with zero attached hydrogens (tertiary/aromatic N) is 3. The molecule has 6 rings (SSSR count). The number of para-hydroxylation sites is 4. The van der Waals surface area contributed by atoms with Gasteiger partial charge in [0.25, 0.3) is 0 Å². The summed E-state index contributed by atoms with van der Waals surface area (Å²) in [6.07, 6.45) is 4.25. The Morgan fingerprint density at radius 1 is 0.514 bits per heavy atom. The number of aromatic nitrogens is 1. The maximum atomic E-state index is 4.52. The minimum Gasteiger partial charge on any atom is -0.657 e. The van der Waals surface area contributed by atoms with E-state index in [0.29, 0.717) is 0 Å². The van der Waals surface area contributed by atoms with E-state index >= 15 is 0 Å². The van der Waals surface area contributed by atoms with E-state index in [1.807, 2.05) is 12.1 Å². The third-order valence-electron chi connectivity index (χ3n) is 6.37. The fourth-order valence-corrected chi connectivity index (χ4v) is 4.77. The molecule has 2 heterocycles. The zero-order valence-corrected chi connectivity index (χ0v) is 22.6. The van der Waals surface area contributed by atoms with E-state index in [0.717, 1.165) is 11.0 Å². The summed E-state index contributed by atoms with van der Waals surface area (Å²) in [6.45, 7) is 10.8. The molecule has 0 unspecified atom stereocenters. The van der Waals surface area contributed by atoms with Gasteiger partial charge < -0.3 is 14.8 Å². The molecule has 4 aromatic carbocycles. The van der Waals surface area contributed by atoms with Crippen molar-refractivity contribution in [2.24, 2.45) is 0 Å². The third kappa shape index (κ3) is 4.94. The van der Waals surface area contributed by atoms with Crippen LogP contribution in [0.4, 0.5) is 11.4 Å². The molecule has 1 aliphatic rings. The number of benzene rings is 4. The van der Waals surface area contributed by atoms with Crippen LogP contribution >= 0.6 is 0 Å². The fourth-order valence-electron chi connectivity index (χ4n) is 4.77. The Morgan fingerprint density at radius 2 is 0.886 bits per heavy atom. The Kier molecular flexibility index (Phi) is 7.51. The van der Waals surface area contributed by atoms with Crippen LogP contribution in [-0.2, 0) is 22.4 Å². The van der Waals surface area contributed by atoms with Crippen LogP contribution < -0.4 is 14.8 Å². The molecule has 1 aromatic heterocycles. The smallest absolute Gasteiger partial charge is 0.0184 e. The summed E-state index contributed by atoms with van der Waals surface area (Å²) >= 11 is 0. The van der Waals surface area contributed by atoms with E-state index in [1.165, 1.54) is 44.4 Å². The van der Waals surface area contributed by atoms with Gasteiger partial charge in [0, 0.05) is 33.8 Å². The number of anilines is 2. The normalized spacial score (nSPS) is 12.6. The Balaban J connectivity index is 0.000000177. The number of hydrogen-bond donors (Lipinski definition) is 0. The van der Waals surface area contributed by atoms with Gasteiger partial charge in [-0.3, -0.25) is 0 Å². The van der Waals surface area contributed by atoms with E-state index in [9.17, 15) is 0 Å². The summed E-state index contributed by atoms with van der Waals surface area (Å²) < 4.78 is 0. The molecular weight excluding hydrogens is 611 g/mol. The second-order valence-electron chi connectivity index (χ2n) is 8.86. The quantitative estimate of drug-likeness (QED) is 0.145. The monoisotopic (exact) mass is 640 g/mol. The van der Waals surface area contributed by atoms with Crippen molar-refractivity contribution in [1.82, 2.24) is 4.98 Å². The molecule has 0 atom stereocenters. The van der Waals surface area contributed by atoms with Gasteiger partial charge in [0.15, 0.2) is 0 Å². The van der Waals surface area contributed by atoms with Crippen LogP contribution in [0.2, 0.25) is 0 Å². The van der Waals surface area contributed by atoms with Crippen LogP contribution in [0.25, 0.3) is 21.8 Å². The summed E-state index contributed by atoms with van der Waals surface area (Å²) in [5, 5.41) is 2.50. The predicted molar refractivity (Wildman–Crippen MR) is 145 cm³/mol. The van der Waals surface area contributed by atoms with Gasteiger partial charge in [0.05, 0.1) is 0 Å². The molecule has 0 N–H and O–H groups in total. The molecular formula is C31H29AuN3-2. The van der Waals surface area contributed by atoms with Crippen molar-refractivity contribution in [3.8, 4) is 0 Å². The summed E-state index contributed by atoms with van der Waals surface area (Å²) in [5.74, 6) is 0. The van der Waals surface area contributed by atoms with Crippen LogP contribution in [0, 0.1) is 34.4 Å². The van der Waals surface area contributed by atoms with Crippen LogP contribution in [0.5, 0.6) is 0 Å².